The van der Waals surface area contributed by atoms with Crippen LogP contribution in [0.2, 0.25) is 0 Å². The summed E-state index contributed by atoms with van der Waals surface area (Å²) in [6.45, 7) is 1.90. The molecule has 0 fully saturated rings. The van der Waals surface area contributed by atoms with Crippen molar-refractivity contribution in [3.8, 4) is 11.1 Å². The first-order chi connectivity index (χ1) is 12.8. The van der Waals surface area contributed by atoms with Crippen LogP contribution in [-0.2, 0) is 10.0 Å². The van der Waals surface area contributed by atoms with Gasteiger partial charge in [-0.05, 0) is 47.9 Å². The van der Waals surface area contributed by atoms with Gasteiger partial charge in [0.1, 0.15) is 0 Å². The predicted octanol–water partition coefficient (Wildman–Crippen LogP) is 4.29. The summed E-state index contributed by atoms with van der Waals surface area (Å²) in [6.07, 6.45) is 1.08. The van der Waals surface area contributed by atoms with Gasteiger partial charge in [0.25, 0.3) is 5.91 Å². The van der Waals surface area contributed by atoms with Crippen molar-refractivity contribution < 1.29 is 13.2 Å². The van der Waals surface area contributed by atoms with Crippen LogP contribution in [0.5, 0.6) is 0 Å². The van der Waals surface area contributed by atoms with Crippen LogP contribution in [0, 0.1) is 6.92 Å². The fourth-order valence-electron chi connectivity index (χ4n) is 2.81. The van der Waals surface area contributed by atoms with Crippen LogP contribution in [0.25, 0.3) is 11.1 Å². The zero-order valence-electron chi connectivity index (χ0n) is 15.1. The molecule has 0 heterocycles. The lowest BCUT2D eigenvalue weighted by molar-refractivity contribution is 0.102. The summed E-state index contributed by atoms with van der Waals surface area (Å²) in [4.78, 5) is 12.6. The lowest BCUT2D eigenvalue weighted by Gasteiger charge is -2.16. The van der Waals surface area contributed by atoms with Gasteiger partial charge in [0, 0.05) is 5.56 Å². The number of carbonyl (C=O) groups excluding carboxylic acids is 1. The third-order valence-electron chi connectivity index (χ3n) is 4.03. The van der Waals surface area contributed by atoms with Crippen molar-refractivity contribution in [2.24, 2.45) is 0 Å². The third kappa shape index (κ3) is 4.74. The Morgan fingerprint density at radius 2 is 1.44 bits per heavy atom. The van der Waals surface area contributed by atoms with E-state index in [4.69, 9.17) is 0 Å². The summed E-state index contributed by atoms with van der Waals surface area (Å²) in [6, 6.07) is 22.0. The number of benzene rings is 3. The summed E-state index contributed by atoms with van der Waals surface area (Å²) in [5, 5.41) is 2.82. The molecule has 138 valence electrons. The van der Waals surface area contributed by atoms with E-state index in [0.29, 0.717) is 16.9 Å². The number of nitrogens with one attached hydrogen (secondary N) is 2. The minimum absolute atomic E-state index is 0.310. The first-order valence-electron chi connectivity index (χ1n) is 8.38. The molecule has 0 atom stereocenters. The first-order valence-corrected chi connectivity index (χ1v) is 10.3. The Balaban J connectivity index is 2.06. The molecule has 2 N–H and O–H groups in total. The molecule has 0 aliphatic carbocycles. The summed E-state index contributed by atoms with van der Waals surface area (Å²) in [7, 11) is -3.50. The molecule has 6 heteroatoms. The molecule has 0 spiro atoms. The van der Waals surface area contributed by atoms with Crippen molar-refractivity contribution in [2.45, 2.75) is 6.92 Å². The Morgan fingerprint density at radius 1 is 0.852 bits per heavy atom. The third-order valence-corrected chi connectivity index (χ3v) is 4.62. The smallest absolute Gasteiger partial charge is 0.255 e. The van der Waals surface area contributed by atoms with Gasteiger partial charge in [-0.2, -0.15) is 0 Å². The second kappa shape index (κ2) is 7.63. The molecule has 0 unspecified atom stereocenters. The lowest BCUT2D eigenvalue weighted by atomic mass is 9.99. The fourth-order valence-corrected chi connectivity index (χ4v) is 3.38. The van der Waals surface area contributed by atoms with Gasteiger partial charge in [-0.3, -0.25) is 9.52 Å². The van der Waals surface area contributed by atoms with E-state index in [1.807, 2.05) is 43.3 Å². The van der Waals surface area contributed by atoms with Gasteiger partial charge in [-0.25, -0.2) is 8.42 Å². The molecule has 0 bridgehead atoms. The Morgan fingerprint density at radius 3 is 2.04 bits per heavy atom. The molecule has 0 aromatic heterocycles. The molecular weight excluding hydrogens is 360 g/mol. The monoisotopic (exact) mass is 380 g/mol. The topological polar surface area (TPSA) is 75.3 Å². The van der Waals surface area contributed by atoms with Gasteiger partial charge in [0.15, 0.2) is 0 Å². The molecule has 0 saturated heterocycles. The highest BCUT2D eigenvalue weighted by Gasteiger charge is 2.15. The van der Waals surface area contributed by atoms with Crippen molar-refractivity contribution in [1.82, 2.24) is 0 Å². The number of hydrogen-bond donors (Lipinski definition) is 2. The molecule has 0 saturated carbocycles. The number of anilines is 2. The summed E-state index contributed by atoms with van der Waals surface area (Å²) < 4.78 is 26.0. The van der Waals surface area contributed by atoms with Crippen molar-refractivity contribution in [3.63, 3.8) is 0 Å². The Labute approximate surface area is 159 Å². The van der Waals surface area contributed by atoms with Gasteiger partial charge in [0.2, 0.25) is 10.0 Å². The number of carbonyl (C=O) groups is 1. The SMILES string of the molecule is Cc1cc(NS(C)(=O)=O)c(NC(=O)c2ccccc2)cc1-c1ccccc1. The highest BCUT2D eigenvalue weighted by molar-refractivity contribution is 7.92. The van der Waals surface area contributed by atoms with E-state index in [2.05, 4.69) is 10.0 Å². The second-order valence-corrected chi connectivity index (χ2v) is 8.02. The number of sulfonamides is 1. The van der Waals surface area contributed by atoms with Crippen molar-refractivity contribution >= 4 is 27.3 Å². The number of hydrogen-bond acceptors (Lipinski definition) is 3. The van der Waals surface area contributed by atoms with Crippen LogP contribution in [0.15, 0.2) is 72.8 Å². The van der Waals surface area contributed by atoms with Gasteiger partial charge in [0.05, 0.1) is 17.6 Å². The number of rotatable bonds is 5. The zero-order valence-corrected chi connectivity index (χ0v) is 15.9. The fraction of sp³-hybridized carbons (Fsp3) is 0.0952. The van der Waals surface area contributed by atoms with Crippen molar-refractivity contribution in [1.29, 1.82) is 0 Å². The van der Waals surface area contributed by atoms with Gasteiger partial charge in [-0.1, -0.05) is 48.5 Å². The largest absolute Gasteiger partial charge is 0.320 e. The van der Waals surface area contributed by atoms with Gasteiger partial charge in [-0.15, -0.1) is 0 Å². The molecule has 27 heavy (non-hydrogen) atoms. The molecule has 1 amide bonds. The first kappa shape index (κ1) is 18.7. The van der Waals surface area contributed by atoms with Crippen LogP contribution in [0.1, 0.15) is 15.9 Å². The average Bonchev–Trinajstić information content (AvgIpc) is 2.64. The second-order valence-electron chi connectivity index (χ2n) is 6.27. The van der Waals surface area contributed by atoms with Crippen molar-refractivity contribution in [2.75, 3.05) is 16.3 Å². The summed E-state index contributed by atoms with van der Waals surface area (Å²) in [5.41, 5.74) is 4.02. The molecule has 0 aliphatic rings. The maximum Gasteiger partial charge on any atom is 0.255 e. The molecule has 3 aromatic rings. The maximum absolute atomic E-state index is 12.6. The molecular formula is C21H20N2O3S. The van der Waals surface area contributed by atoms with Gasteiger partial charge >= 0.3 is 0 Å². The average molecular weight is 380 g/mol. The minimum atomic E-state index is -3.50. The van der Waals surface area contributed by atoms with E-state index in [1.165, 1.54) is 0 Å². The van der Waals surface area contributed by atoms with E-state index < -0.39 is 10.0 Å². The quantitative estimate of drug-likeness (QED) is 0.693. The Hall–Kier alpha value is -3.12. The Bertz CT molecular complexity index is 1060. The molecule has 0 radical (unpaired) electrons. The minimum Gasteiger partial charge on any atom is -0.320 e. The van der Waals surface area contributed by atoms with Crippen LogP contribution in [0.3, 0.4) is 0 Å². The van der Waals surface area contributed by atoms with Crippen LogP contribution >= 0.6 is 0 Å². The zero-order chi connectivity index (χ0) is 19.4. The number of amides is 1. The highest BCUT2D eigenvalue weighted by atomic mass is 32.2. The van der Waals surface area contributed by atoms with Gasteiger partial charge < -0.3 is 5.32 Å². The molecule has 0 aliphatic heterocycles. The standard InChI is InChI=1S/C21H20N2O3S/c1-15-13-20(23-27(2,25)26)19(14-18(15)16-9-5-3-6-10-16)22-21(24)17-11-7-4-8-12-17/h3-14,23H,1-2H3,(H,22,24). The van der Waals surface area contributed by atoms with E-state index in [0.717, 1.165) is 22.9 Å². The number of aryl methyl sites for hydroxylation is 1. The lowest BCUT2D eigenvalue weighted by Crippen LogP contribution is -2.16. The van der Waals surface area contributed by atoms with Crippen LogP contribution < -0.4 is 10.0 Å². The summed E-state index contributed by atoms with van der Waals surface area (Å²) >= 11 is 0. The highest BCUT2D eigenvalue weighted by Crippen LogP contribution is 2.33. The molecule has 3 aromatic carbocycles. The maximum atomic E-state index is 12.6. The van der Waals surface area contributed by atoms with E-state index in [9.17, 15) is 13.2 Å². The molecule has 3 rings (SSSR count). The Kier molecular flexibility index (Phi) is 5.28. The summed E-state index contributed by atoms with van der Waals surface area (Å²) in [5.74, 6) is -0.310. The van der Waals surface area contributed by atoms with Crippen LogP contribution in [-0.4, -0.2) is 20.6 Å². The van der Waals surface area contributed by atoms with E-state index >= 15 is 0 Å². The van der Waals surface area contributed by atoms with Crippen molar-refractivity contribution in [3.05, 3.63) is 83.9 Å². The predicted molar refractivity (Wildman–Crippen MR) is 109 cm³/mol. The van der Waals surface area contributed by atoms with Crippen LogP contribution in [0.4, 0.5) is 11.4 Å². The van der Waals surface area contributed by atoms with E-state index in [1.54, 1.807) is 36.4 Å². The normalized spacial score (nSPS) is 11.0. The van der Waals surface area contributed by atoms with E-state index in [-0.39, 0.29) is 5.91 Å². The molecule has 5 nitrogen and oxygen atoms in total.